The fraction of sp³-hybridized carbons (Fsp3) is 0.278. The molecule has 2 aromatic rings. The topological polar surface area (TPSA) is 68.3 Å². The van der Waals surface area contributed by atoms with E-state index in [1.54, 1.807) is 6.07 Å². The Bertz CT molecular complexity index is 706. The zero-order chi connectivity index (χ0) is 17.5. The largest absolute Gasteiger partial charge is 0.449 e. The molecule has 0 aliphatic carbocycles. The van der Waals surface area contributed by atoms with Crippen molar-refractivity contribution in [2.75, 3.05) is 6.54 Å². The predicted octanol–water partition coefficient (Wildman–Crippen LogP) is 3.20. The summed E-state index contributed by atoms with van der Waals surface area (Å²) in [6.07, 6.45) is 0.553. The lowest BCUT2D eigenvalue weighted by molar-refractivity contribution is -0.129. The fourth-order valence-electron chi connectivity index (χ4n) is 2.11. The first kappa shape index (κ1) is 17.9. The number of hydrogen-bond donors (Lipinski definition) is 1. The van der Waals surface area contributed by atoms with Gasteiger partial charge in [-0.15, -0.1) is 0 Å². The molecule has 1 heterocycles. The third kappa shape index (κ3) is 4.80. The van der Waals surface area contributed by atoms with Crippen LogP contribution in [0.15, 0.2) is 48.7 Å². The Hall–Kier alpha value is -2.40. The van der Waals surface area contributed by atoms with Gasteiger partial charge in [0, 0.05) is 12.7 Å². The number of carbonyl (C=O) groups is 2. The first-order chi connectivity index (χ1) is 11.5. The Balaban J connectivity index is 1.86. The van der Waals surface area contributed by atoms with E-state index in [1.807, 2.05) is 37.3 Å². The van der Waals surface area contributed by atoms with Gasteiger partial charge in [-0.2, -0.15) is 0 Å². The number of nitrogens with one attached hydrogen (secondary N) is 1. The van der Waals surface area contributed by atoms with E-state index < -0.39 is 12.1 Å². The number of carbonyl (C=O) groups excluding carboxylic acids is 2. The summed E-state index contributed by atoms with van der Waals surface area (Å²) in [6, 6.07) is 12.9. The van der Waals surface area contributed by atoms with Crippen LogP contribution in [-0.2, 0) is 9.53 Å². The van der Waals surface area contributed by atoms with Gasteiger partial charge < -0.3 is 10.1 Å². The molecule has 24 heavy (non-hydrogen) atoms. The van der Waals surface area contributed by atoms with Gasteiger partial charge in [-0.3, -0.25) is 4.79 Å². The number of nitrogens with zero attached hydrogens (tertiary/aromatic N) is 1. The van der Waals surface area contributed by atoms with Crippen LogP contribution in [0.1, 0.15) is 35.7 Å². The molecule has 0 bridgehead atoms. The molecule has 2 rings (SSSR count). The minimum absolute atomic E-state index is 0.0489. The zero-order valence-electron chi connectivity index (χ0n) is 13.5. The van der Waals surface area contributed by atoms with Crippen LogP contribution >= 0.6 is 11.6 Å². The van der Waals surface area contributed by atoms with Crippen LogP contribution in [0.4, 0.5) is 0 Å². The number of aromatic nitrogens is 1. The molecule has 0 fully saturated rings. The minimum atomic E-state index is -0.920. The van der Waals surface area contributed by atoms with Crippen LogP contribution in [0.3, 0.4) is 0 Å². The van der Waals surface area contributed by atoms with Gasteiger partial charge in [-0.05, 0) is 30.5 Å². The summed E-state index contributed by atoms with van der Waals surface area (Å²) in [7, 11) is 0. The molecule has 126 valence electrons. The van der Waals surface area contributed by atoms with E-state index in [9.17, 15) is 9.59 Å². The van der Waals surface area contributed by atoms with E-state index >= 15 is 0 Å². The van der Waals surface area contributed by atoms with Crippen molar-refractivity contribution >= 4 is 23.5 Å². The van der Waals surface area contributed by atoms with Crippen molar-refractivity contribution < 1.29 is 14.3 Å². The van der Waals surface area contributed by atoms with Crippen LogP contribution < -0.4 is 5.32 Å². The number of amides is 1. The molecule has 1 amide bonds. The Morgan fingerprint density at radius 1 is 1.17 bits per heavy atom. The highest BCUT2D eigenvalue weighted by Gasteiger charge is 2.21. The normalized spacial score (nSPS) is 13.0. The van der Waals surface area contributed by atoms with Gasteiger partial charge in [0.1, 0.15) is 5.15 Å². The number of hydrogen-bond acceptors (Lipinski definition) is 4. The quantitative estimate of drug-likeness (QED) is 0.644. The Morgan fingerprint density at radius 3 is 2.54 bits per heavy atom. The molecule has 1 N–H and O–H groups in total. The van der Waals surface area contributed by atoms with Crippen LogP contribution in [0.2, 0.25) is 5.15 Å². The van der Waals surface area contributed by atoms with Gasteiger partial charge in [-0.25, -0.2) is 9.78 Å². The van der Waals surface area contributed by atoms with E-state index in [2.05, 4.69) is 10.3 Å². The van der Waals surface area contributed by atoms with Gasteiger partial charge in [0.25, 0.3) is 5.91 Å². The molecule has 1 aromatic heterocycles. The molecular weight excluding hydrogens is 328 g/mol. The highest BCUT2D eigenvalue weighted by atomic mass is 35.5. The molecule has 0 aliphatic rings. The summed E-state index contributed by atoms with van der Waals surface area (Å²) in [5.41, 5.74) is 1.26. The van der Waals surface area contributed by atoms with Crippen molar-refractivity contribution in [2.45, 2.75) is 25.9 Å². The summed E-state index contributed by atoms with van der Waals surface area (Å²) >= 11 is 5.84. The molecule has 0 unspecified atom stereocenters. The standard InChI is InChI=1S/C18H19ClN2O3/c1-12(14-7-4-3-5-8-14)11-21-17(22)13(2)24-18(23)15-9-6-10-20-16(15)19/h3-10,12-13H,11H2,1-2H3,(H,21,22)/t12-,13+/m0/s1. The first-order valence-electron chi connectivity index (χ1n) is 7.63. The summed E-state index contributed by atoms with van der Waals surface area (Å²) in [5.74, 6) is -0.871. The summed E-state index contributed by atoms with van der Waals surface area (Å²) in [4.78, 5) is 27.9. The molecule has 1 aromatic carbocycles. The number of pyridine rings is 1. The fourth-order valence-corrected chi connectivity index (χ4v) is 2.31. The number of ether oxygens (including phenoxy) is 1. The van der Waals surface area contributed by atoms with E-state index in [4.69, 9.17) is 16.3 Å². The van der Waals surface area contributed by atoms with Gasteiger partial charge >= 0.3 is 5.97 Å². The molecule has 0 spiro atoms. The summed E-state index contributed by atoms with van der Waals surface area (Å²) < 4.78 is 5.14. The molecule has 5 nitrogen and oxygen atoms in total. The van der Waals surface area contributed by atoms with E-state index in [1.165, 1.54) is 19.2 Å². The van der Waals surface area contributed by atoms with Crippen molar-refractivity contribution in [1.29, 1.82) is 0 Å². The molecular formula is C18H19ClN2O3. The van der Waals surface area contributed by atoms with E-state index in [0.717, 1.165) is 5.56 Å². The Kier molecular flexibility index (Phi) is 6.32. The van der Waals surface area contributed by atoms with Gasteiger partial charge in [0.2, 0.25) is 0 Å². The Labute approximate surface area is 146 Å². The monoisotopic (exact) mass is 346 g/mol. The molecule has 0 radical (unpaired) electrons. The summed E-state index contributed by atoms with van der Waals surface area (Å²) in [6.45, 7) is 3.99. The smallest absolute Gasteiger partial charge is 0.342 e. The maximum atomic E-state index is 12.1. The number of esters is 1. The van der Waals surface area contributed by atoms with Crippen LogP contribution in [0.25, 0.3) is 0 Å². The van der Waals surface area contributed by atoms with Crippen LogP contribution in [-0.4, -0.2) is 29.5 Å². The van der Waals surface area contributed by atoms with Crippen LogP contribution in [0, 0.1) is 0 Å². The van der Waals surface area contributed by atoms with Gasteiger partial charge in [0.05, 0.1) is 5.56 Å². The molecule has 0 saturated heterocycles. The number of benzene rings is 1. The van der Waals surface area contributed by atoms with Crippen molar-refractivity contribution in [1.82, 2.24) is 10.3 Å². The molecule has 2 atom stereocenters. The first-order valence-corrected chi connectivity index (χ1v) is 8.01. The average molecular weight is 347 g/mol. The second-order valence-corrected chi connectivity index (χ2v) is 5.80. The van der Waals surface area contributed by atoms with E-state index in [0.29, 0.717) is 6.54 Å². The third-order valence-corrected chi connectivity index (χ3v) is 3.88. The minimum Gasteiger partial charge on any atom is -0.449 e. The molecule has 0 aliphatic heterocycles. The Morgan fingerprint density at radius 2 is 1.88 bits per heavy atom. The van der Waals surface area contributed by atoms with Gasteiger partial charge in [-0.1, -0.05) is 48.9 Å². The predicted molar refractivity (Wildman–Crippen MR) is 92.0 cm³/mol. The highest BCUT2D eigenvalue weighted by Crippen LogP contribution is 2.15. The second-order valence-electron chi connectivity index (χ2n) is 5.45. The maximum Gasteiger partial charge on any atom is 0.342 e. The highest BCUT2D eigenvalue weighted by molar-refractivity contribution is 6.32. The molecule has 6 heteroatoms. The zero-order valence-corrected chi connectivity index (χ0v) is 14.3. The second kappa shape index (κ2) is 8.45. The SMILES string of the molecule is C[C@@H](OC(=O)c1cccnc1Cl)C(=O)NC[C@H](C)c1ccccc1. The van der Waals surface area contributed by atoms with Crippen LogP contribution in [0.5, 0.6) is 0 Å². The summed E-state index contributed by atoms with van der Waals surface area (Å²) in [5, 5.41) is 2.84. The maximum absolute atomic E-state index is 12.1. The van der Waals surface area contributed by atoms with Crippen molar-refractivity contribution in [2.24, 2.45) is 0 Å². The third-order valence-electron chi connectivity index (χ3n) is 3.58. The van der Waals surface area contributed by atoms with Gasteiger partial charge in [0.15, 0.2) is 6.10 Å². The lowest BCUT2D eigenvalue weighted by Crippen LogP contribution is -2.37. The lowest BCUT2D eigenvalue weighted by Gasteiger charge is -2.16. The lowest BCUT2D eigenvalue weighted by atomic mass is 10.0. The van der Waals surface area contributed by atoms with Crippen molar-refractivity contribution in [3.8, 4) is 0 Å². The number of rotatable bonds is 6. The van der Waals surface area contributed by atoms with Crippen molar-refractivity contribution in [3.05, 3.63) is 64.9 Å². The van der Waals surface area contributed by atoms with Crippen molar-refractivity contribution in [3.63, 3.8) is 0 Å². The van der Waals surface area contributed by atoms with E-state index in [-0.39, 0.29) is 22.5 Å². The molecule has 0 saturated carbocycles. The number of halogens is 1. The average Bonchev–Trinajstić information content (AvgIpc) is 2.60.